The van der Waals surface area contributed by atoms with E-state index in [9.17, 15) is 0 Å². The zero-order valence-corrected chi connectivity index (χ0v) is 7.77. The Balaban J connectivity index is 1.73. The second-order valence-electron chi connectivity index (χ2n) is 2.99. The summed E-state index contributed by atoms with van der Waals surface area (Å²) in [5.41, 5.74) is 0. The zero-order chi connectivity index (χ0) is 9.64. The maximum atomic E-state index is 3.05. The van der Waals surface area contributed by atoms with Gasteiger partial charge < -0.3 is 0 Å². The number of hydrogen-bond acceptors (Lipinski definition) is 0. The molecule has 0 heteroatoms. The minimum absolute atomic E-state index is 1.07. The number of rotatable bonds is 1. The molecule has 2 aliphatic carbocycles. The van der Waals surface area contributed by atoms with Gasteiger partial charge in [-0.2, -0.15) is 0 Å². The highest BCUT2D eigenvalue weighted by molar-refractivity contribution is 5.49. The SMILES string of the molecule is C(#C[C]1[CH][CH][CH][CH]1)C=C[C]1[CH][CH][CH][CH]1. The first-order chi connectivity index (χ1) is 6.95. The van der Waals surface area contributed by atoms with Crippen LogP contribution in [0.15, 0.2) is 12.2 Å². The molecule has 66 valence electrons. The van der Waals surface area contributed by atoms with Crippen molar-refractivity contribution < 1.29 is 0 Å². The summed E-state index contributed by atoms with van der Waals surface area (Å²) in [6.45, 7) is 0. The Hall–Kier alpha value is -0.700. The van der Waals surface area contributed by atoms with Crippen LogP contribution in [0.5, 0.6) is 0 Å². The van der Waals surface area contributed by atoms with Gasteiger partial charge in [-0.1, -0.05) is 17.9 Å². The first-order valence-electron chi connectivity index (χ1n) is 4.57. The number of hydrogen-bond donors (Lipinski definition) is 0. The zero-order valence-electron chi connectivity index (χ0n) is 7.77. The molecule has 10 radical (unpaired) electrons. The van der Waals surface area contributed by atoms with E-state index in [0.29, 0.717) is 0 Å². The summed E-state index contributed by atoms with van der Waals surface area (Å²) in [6, 6.07) is 0. The molecule has 0 N–H and O–H groups in total. The summed E-state index contributed by atoms with van der Waals surface area (Å²) >= 11 is 0. The lowest BCUT2D eigenvalue weighted by Crippen LogP contribution is -1.85. The van der Waals surface area contributed by atoms with Gasteiger partial charge in [0.15, 0.2) is 0 Å². The molecule has 0 heterocycles. The predicted octanol–water partition coefficient (Wildman–Crippen LogP) is 2.36. The van der Waals surface area contributed by atoms with Crippen LogP contribution in [0.3, 0.4) is 0 Å². The second kappa shape index (κ2) is 5.25. The average molecular weight is 178 g/mol. The predicted molar refractivity (Wildman–Crippen MR) is 57.8 cm³/mol. The summed E-state index contributed by atoms with van der Waals surface area (Å²) in [5, 5.41) is 0. The van der Waals surface area contributed by atoms with Crippen LogP contribution in [0, 0.1) is 75.0 Å². The molecule has 2 aliphatic rings. The van der Waals surface area contributed by atoms with E-state index in [1.807, 2.05) is 50.7 Å². The standard InChI is InChI=1S/C14H10/c1-2-8-13(7-1)11-5-6-12-14-9-3-4-10-14/h1-5,7-11H. The molecule has 0 unspecified atom stereocenters. The van der Waals surface area contributed by atoms with Crippen molar-refractivity contribution in [2.45, 2.75) is 0 Å². The Morgan fingerprint density at radius 3 is 2.21 bits per heavy atom. The van der Waals surface area contributed by atoms with Crippen molar-refractivity contribution in [3.05, 3.63) is 75.4 Å². The average Bonchev–Trinajstić information content (AvgIpc) is 2.86. The van der Waals surface area contributed by atoms with Crippen molar-refractivity contribution >= 4 is 0 Å². The lowest BCUT2D eigenvalue weighted by Gasteiger charge is -1.95. The molecule has 2 fully saturated rings. The minimum atomic E-state index is 1.07. The van der Waals surface area contributed by atoms with Crippen LogP contribution in [-0.2, 0) is 0 Å². The molecule has 0 spiro atoms. The van der Waals surface area contributed by atoms with Crippen molar-refractivity contribution in [2.75, 3.05) is 0 Å². The fourth-order valence-corrected chi connectivity index (χ4v) is 1.22. The van der Waals surface area contributed by atoms with Crippen molar-refractivity contribution in [1.29, 1.82) is 0 Å². The molecule has 0 saturated heterocycles. The molecule has 0 atom stereocenters. The Morgan fingerprint density at radius 1 is 0.857 bits per heavy atom. The van der Waals surface area contributed by atoms with Crippen molar-refractivity contribution in [2.24, 2.45) is 0 Å². The fourth-order valence-electron chi connectivity index (χ4n) is 1.22. The molecule has 0 aliphatic heterocycles. The molecular formula is C14H10. The van der Waals surface area contributed by atoms with Gasteiger partial charge in [0.25, 0.3) is 0 Å². The van der Waals surface area contributed by atoms with Crippen molar-refractivity contribution in [1.82, 2.24) is 0 Å². The van der Waals surface area contributed by atoms with Crippen LogP contribution in [0.1, 0.15) is 0 Å². The number of allylic oxidation sites excluding steroid dienone is 2. The van der Waals surface area contributed by atoms with E-state index in [4.69, 9.17) is 0 Å². The molecule has 0 aromatic carbocycles. The summed E-state index contributed by atoms with van der Waals surface area (Å²) < 4.78 is 0. The first-order valence-corrected chi connectivity index (χ1v) is 4.57. The van der Waals surface area contributed by atoms with Crippen LogP contribution >= 0.6 is 0 Å². The van der Waals surface area contributed by atoms with E-state index in [-0.39, 0.29) is 0 Å². The summed E-state index contributed by atoms with van der Waals surface area (Å²) in [5.74, 6) is 8.31. The van der Waals surface area contributed by atoms with Crippen LogP contribution in [0.4, 0.5) is 0 Å². The topological polar surface area (TPSA) is 0 Å². The summed E-state index contributed by atoms with van der Waals surface area (Å²) in [4.78, 5) is 0. The minimum Gasteiger partial charge on any atom is -0.0895 e. The van der Waals surface area contributed by atoms with Crippen LogP contribution < -0.4 is 0 Å². The largest absolute Gasteiger partial charge is 0.0895 e. The second-order valence-corrected chi connectivity index (χ2v) is 2.99. The van der Waals surface area contributed by atoms with Gasteiger partial charge in [-0.25, -0.2) is 0 Å². The van der Waals surface area contributed by atoms with E-state index in [1.165, 1.54) is 5.92 Å². The Labute approximate surface area is 87.8 Å². The van der Waals surface area contributed by atoms with Gasteiger partial charge in [0, 0.05) is 5.92 Å². The van der Waals surface area contributed by atoms with Gasteiger partial charge in [0.1, 0.15) is 0 Å². The Kier molecular flexibility index (Phi) is 3.69. The van der Waals surface area contributed by atoms with Crippen LogP contribution in [0.25, 0.3) is 0 Å². The smallest absolute Gasteiger partial charge is 0.0557 e. The lowest BCUT2D eigenvalue weighted by molar-refractivity contribution is 1.38. The van der Waals surface area contributed by atoms with Crippen LogP contribution in [-0.4, -0.2) is 0 Å². The Morgan fingerprint density at radius 2 is 1.50 bits per heavy atom. The third kappa shape index (κ3) is 2.91. The first kappa shape index (κ1) is 9.84. The maximum absolute atomic E-state index is 3.05. The molecule has 2 rings (SSSR count). The molecule has 2 saturated carbocycles. The third-order valence-corrected chi connectivity index (χ3v) is 1.93. The molecule has 0 bridgehead atoms. The van der Waals surface area contributed by atoms with Gasteiger partial charge >= 0.3 is 0 Å². The van der Waals surface area contributed by atoms with E-state index < -0.39 is 0 Å². The molecule has 0 amide bonds. The normalized spacial score (nSPS) is 24.3. The molecule has 0 aromatic heterocycles. The summed E-state index contributed by atoms with van der Waals surface area (Å²) in [7, 11) is 0. The Bertz CT molecular complexity index is 239. The quantitative estimate of drug-likeness (QED) is 0.541. The van der Waals surface area contributed by atoms with Crippen molar-refractivity contribution in [3.8, 4) is 11.8 Å². The highest BCUT2D eigenvalue weighted by Gasteiger charge is 2.14. The monoisotopic (exact) mass is 178 g/mol. The maximum Gasteiger partial charge on any atom is 0.0557 e. The third-order valence-electron chi connectivity index (χ3n) is 1.93. The fraction of sp³-hybridized carbons (Fsp3) is 0. The summed E-state index contributed by atoms with van der Waals surface area (Å²) in [6.07, 6.45) is 20.0. The van der Waals surface area contributed by atoms with E-state index >= 15 is 0 Å². The van der Waals surface area contributed by atoms with Gasteiger partial charge in [0.2, 0.25) is 0 Å². The molecule has 14 heavy (non-hydrogen) atoms. The highest BCUT2D eigenvalue weighted by Crippen LogP contribution is 2.24. The van der Waals surface area contributed by atoms with E-state index in [1.54, 1.807) is 0 Å². The van der Waals surface area contributed by atoms with E-state index in [0.717, 1.165) is 5.92 Å². The van der Waals surface area contributed by atoms with Gasteiger partial charge in [-0.05, 0) is 57.4 Å². The van der Waals surface area contributed by atoms with E-state index in [2.05, 4.69) is 24.7 Å². The van der Waals surface area contributed by atoms with Crippen LogP contribution in [0.2, 0.25) is 0 Å². The van der Waals surface area contributed by atoms with Gasteiger partial charge in [0.05, 0.1) is 5.92 Å². The van der Waals surface area contributed by atoms with Gasteiger partial charge in [-0.3, -0.25) is 0 Å². The molecular weight excluding hydrogens is 168 g/mol. The molecule has 0 aromatic rings. The molecule has 0 nitrogen and oxygen atoms in total. The lowest BCUT2D eigenvalue weighted by atomic mass is 10.1. The van der Waals surface area contributed by atoms with Gasteiger partial charge in [-0.15, -0.1) is 0 Å². The highest BCUT2D eigenvalue weighted by atomic mass is 14.2. The van der Waals surface area contributed by atoms with Crippen molar-refractivity contribution in [3.63, 3.8) is 0 Å².